The maximum Gasteiger partial charge on any atom is 0.156 e. The van der Waals surface area contributed by atoms with Crippen LogP contribution in [-0.4, -0.2) is 32.5 Å². The average molecular weight is 336 g/mol. The number of aromatic nitrogens is 4. The molecule has 1 unspecified atom stereocenters. The Morgan fingerprint density at radius 3 is 2.96 bits per heavy atom. The highest BCUT2D eigenvalue weighted by Gasteiger charge is 2.21. The molecule has 1 aliphatic heterocycles. The average Bonchev–Trinajstić information content (AvgIpc) is 3.04. The molecule has 1 fully saturated rings. The van der Waals surface area contributed by atoms with Crippen molar-refractivity contribution >= 4 is 22.7 Å². The number of hydrogen-bond acceptors (Lipinski definition) is 5. The van der Waals surface area contributed by atoms with E-state index in [4.69, 9.17) is 4.98 Å². The minimum atomic E-state index is 0.573. The number of nitrogens with one attached hydrogen (secondary N) is 2. The second-order valence-corrected chi connectivity index (χ2v) is 6.82. The Kier molecular flexibility index (Phi) is 4.26. The summed E-state index contributed by atoms with van der Waals surface area (Å²) in [6.07, 6.45) is 11.1. The molecule has 0 aromatic carbocycles. The third-order valence-electron chi connectivity index (χ3n) is 4.99. The number of fused-ring (bicyclic) bond motifs is 1. The van der Waals surface area contributed by atoms with Crippen molar-refractivity contribution in [2.45, 2.75) is 45.7 Å². The largest absolute Gasteiger partial charge is 0.380 e. The van der Waals surface area contributed by atoms with E-state index in [0.717, 1.165) is 34.8 Å². The van der Waals surface area contributed by atoms with Crippen molar-refractivity contribution in [2.24, 2.45) is 0 Å². The van der Waals surface area contributed by atoms with Crippen LogP contribution in [0.3, 0.4) is 0 Å². The summed E-state index contributed by atoms with van der Waals surface area (Å²) in [5.74, 6) is 1.12. The van der Waals surface area contributed by atoms with E-state index < -0.39 is 0 Å². The molecule has 0 amide bonds. The van der Waals surface area contributed by atoms with Gasteiger partial charge in [0, 0.05) is 43.3 Å². The Morgan fingerprint density at radius 2 is 2.12 bits per heavy atom. The van der Waals surface area contributed by atoms with Crippen molar-refractivity contribution in [1.82, 2.24) is 19.9 Å². The van der Waals surface area contributed by atoms with Gasteiger partial charge in [-0.2, -0.15) is 0 Å². The van der Waals surface area contributed by atoms with E-state index in [1.165, 1.54) is 24.8 Å². The van der Waals surface area contributed by atoms with Crippen LogP contribution in [0.2, 0.25) is 0 Å². The number of aromatic amines is 1. The van der Waals surface area contributed by atoms with Gasteiger partial charge < -0.3 is 15.2 Å². The van der Waals surface area contributed by atoms with Crippen molar-refractivity contribution in [1.29, 1.82) is 0 Å². The number of anilines is 2. The van der Waals surface area contributed by atoms with Gasteiger partial charge in [0.05, 0.1) is 11.9 Å². The first-order chi connectivity index (χ1) is 12.2. The van der Waals surface area contributed by atoms with Crippen LogP contribution in [-0.2, 0) is 6.54 Å². The highest BCUT2D eigenvalue weighted by Crippen LogP contribution is 2.27. The zero-order chi connectivity index (χ0) is 17.2. The number of aryl methyl sites for hydroxylation is 1. The summed E-state index contributed by atoms with van der Waals surface area (Å²) in [4.78, 5) is 19.0. The molecule has 3 aromatic heterocycles. The predicted octanol–water partition coefficient (Wildman–Crippen LogP) is 3.65. The topological polar surface area (TPSA) is 69.7 Å². The summed E-state index contributed by atoms with van der Waals surface area (Å²) in [5, 5.41) is 3.45. The van der Waals surface area contributed by atoms with E-state index in [1.807, 2.05) is 12.4 Å². The van der Waals surface area contributed by atoms with Crippen LogP contribution in [0.5, 0.6) is 0 Å². The van der Waals surface area contributed by atoms with Gasteiger partial charge in [-0.15, -0.1) is 0 Å². The molecule has 1 saturated heterocycles. The van der Waals surface area contributed by atoms with Gasteiger partial charge in [0.25, 0.3) is 0 Å². The molecule has 0 saturated carbocycles. The van der Waals surface area contributed by atoms with Gasteiger partial charge in [0.15, 0.2) is 5.65 Å². The molecule has 0 bridgehead atoms. The van der Waals surface area contributed by atoms with Gasteiger partial charge in [-0.05, 0) is 44.7 Å². The number of hydrogen-bond donors (Lipinski definition) is 2. The Bertz CT molecular complexity index is 871. The molecule has 1 aliphatic rings. The van der Waals surface area contributed by atoms with Gasteiger partial charge in [0.2, 0.25) is 0 Å². The highest BCUT2D eigenvalue weighted by atomic mass is 15.2. The number of H-pyrrole nitrogens is 1. The summed E-state index contributed by atoms with van der Waals surface area (Å²) in [6, 6.07) is 2.76. The third-order valence-corrected chi connectivity index (χ3v) is 4.99. The molecule has 4 heterocycles. The molecular formula is C19H24N6. The minimum Gasteiger partial charge on any atom is -0.380 e. The van der Waals surface area contributed by atoms with Gasteiger partial charge in [0.1, 0.15) is 11.3 Å². The fourth-order valence-corrected chi connectivity index (χ4v) is 3.61. The number of nitrogens with zero attached hydrogens (tertiary/aromatic N) is 4. The predicted molar refractivity (Wildman–Crippen MR) is 101 cm³/mol. The van der Waals surface area contributed by atoms with E-state index in [0.29, 0.717) is 12.6 Å². The first kappa shape index (κ1) is 15.9. The molecule has 6 heteroatoms. The van der Waals surface area contributed by atoms with Crippen LogP contribution in [0, 0.1) is 6.92 Å². The summed E-state index contributed by atoms with van der Waals surface area (Å²) in [6.45, 7) is 6.24. The van der Waals surface area contributed by atoms with Crippen LogP contribution < -0.4 is 10.2 Å². The standard InChI is InChI=1S/C19H24N6/c1-13-9-16(12-24-19(13)25-8-4-3-5-14(25)2)22-10-15-11-23-18-17(15)20-6-7-21-18/h6-7,9,11-12,14,22H,3-5,8,10H2,1-2H3,(H,21,23). The maximum absolute atomic E-state index is 4.74. The highest BCUT2D eigenvalue weighted by molar-refractivity contribution is 5.74. The fourth-order valence-electron chi connectivity index (χ4n) is 3.61. The van der Waals surface area contributed by atoms with Crippen molar-refractivity contribution < 1.29 is 0 Å². The summed E-state index contributed by atoms with van der Waals surface area (Å²) >= 11 is 0. The zero-order valence-corrected chi connectivity index (χ0v) is 14.8. The molecule has 2 N–H and O–H groups in total. The van der Waals surface area contributed by atoms with Crippen LogP contribution in [0.1, 0.15) is 37.3 Å². The van der Waals surface area contributed by atoms with Crippen LogP contribution >= 0.6 is 0 Å². The number of pyridine rings is 1. The van der Waals surface area contributed by atoms with Crippen LogP contribution in [0.4, 0.5) is 11.5 Å². The lowest BCUT2D eigenvalue weighted by atomic mass is 10.0. The Morgan fingerprint density at radius 1 is 1.24 bits per heavy atom. The molecule has 0 aliphatic carbocycles. The monoisotopic (exact) mass is 336 g/mol. The van der Waals surface area contributed by atoms with Crippen LogP contribution in [0.25, 0.3) is 11.2 Å². The molecular weight excluding hydrogens is 312 g/mol. The fraction of sp³-hybridized carbons (Fsp3) is 0.421. The summed E-state index contributed by atoms with van der Waals surface area (Å²) < 4.78 is 0. The Hall–Kier alpha value is -2.63. The minimum absolute atomic E-state index is 0.573. The van der Waals surface area contributed by atoms with E-state index in [1.54, 1.807) is 12.4 Å². The summed E-state index contributed by atoms with van der Waals surface area (Å²) in [5.41, 5.74) is 5.09. The summed E-state index contributed by atoms with van der Waals surface area (Å²) in [7, 11) is 0. The lowest BCUT2D eigenvalue weighted by Crippen LogP contribution is -2.38. The Labute approximate surface area is 147 Å². The van der Waals surface area contributed by atoms with Crippen molar-refractivity contribution in [3.05, 3.63) is 42.0 Å². The first-order valence-electron chi connectivity index (χ1n) is 8.96. The van der Waals surface area contributed by atoms with E-state index >= 15 is 0 Å². The number of piperidine rings is 1. The van der Waals surface area contributed by atoms with Crippen molar-refractivity contribution in [3.8, 4) is 0 Å². The van der Waals surface area contributed by atoms with Crippen LogP contribution in [0.15, 0.2) is 30.9 Å². The van der Waals surface area contributed by atoms with E-state index in [-0.39, 0.29) is 0 Å². The third kappa shape index (κ3) is 3.16. The normalized spacial score (nSPS) is 17.8. The quantitative estimate of drug-likeness (QED) is 0.761. The second-order valence-electron chi connectivity index (χ2n) is 6.82. The van der Waals surface area contributed by atoms with Gasteiger partial charge in [-0.3, -0.25) is 4.98 Å². The van der Waals surface area contributed by atoms with Crippen molar-refractivity contribution in [3.63, 3.8) is 0 Å². The molecule has 25 heavy (non-hydrogen) atoms. The lowest BCUT2D eigenvalue weighted by Gasteiger charge is -2.35. The molecule has 3 aromatic rings. The second kappa shape index (κ2) is 6.70. The lowest BCUT2D eigenvalue weighted by molar-refractivity contribution is 0.480. The van der Waals surface area contributed by atoms with Gasteiger partial charge in [-0.1, -0.05) is 0 Å². The SMILES string of the molecule is Cc1cc(NCc2c[nH]c3nccnc23)cnc1N1CCCCC1C. The van der Waals surface area contributed by atoms with Gasteiger partial charge in [-0.25, -0.2) is 9.97 Å². The molecule has 130 valence electrons. The smallest absolute Gasteiger partial charge is 0.156 e. The van der Waals surface area contributed by atoms with Crippen molar-refractivity contribution in [2.75, 3.05) is 16.8 Å². The van der Waals surface area contributed by atoms with Gasteiger partial charge >= 0.3 is 0 Å². The van der Waals surface area contributed by atoms with E-state index in [9.17, 15) is 0 Å². The zero-order valence-electron chi connectivity index (χ0n) is 14.8. The molecule has 4 rings (SSSR count). The Balaban J connectivity index is 1.49. The molecule has 1 atom stereocenters. The number of rotatable bonds is 4. The molecule has 0 radical (unpaired) electrons. The first-order valence-corrected chi connectivity index (χ1v) is 8.96. The molecule has 6 nitrogen and oxygen atoms in total. The maximum atomic E-state index is 4.74. The van der Waals surface area contributed by atoms with E-state index in [2.05, 4.69) is 45.1 Å². The molecule has 0 spiro atoms.